The highest BCUT2D eigenvalue weighted by Crippen LogP contribution is 2.09. The minimum atomic E-state index is -0.657. The summed E-state index contributed by atoms with van der Waals surface area (Å²) in [5.74, 6) is 0.430. The Hall–Kier alpha value is -2.24. The first-order valence-electron chi connectivity index (χ1n) is 8.25. The van der Waals surface area contributed by atoms with Crippen molar-refractivity contribution in [3.8, 4) is 5.75 Å². The molecule has 24 heavy (non-hydrogen) atoms. The molecule has 0 radical (unpaired) electrons. The third kappa shape index (κ3) is 7.35. The third-order valence-corrected chi connectivity index (χ3v) is 3.20. The van der Waals surface area contributed by atoms with E-state index in [0.29, 0.717) is 6.61 Å². The maximum atomic E-state index is 12.4. The van der Waals surface area contributed by atoms with Gasteiger partial charge in [-0.2, -0.15) is 0 Å². The molecule has 0 bridgehead atoms. The predicted octanol–water partition coefficient (Wildman–Crippen LogP) is 2.73. The van der Waals surface area contributed by atoms with Crippen molar-refractivity contribution in [1.29, 1.82) is 0 Å². The van der Waals surface area contributed by atoms with Crippen molar-refractivity contribution in [3.05, 3.63) is 30.3 Å². The van der Waals surface area contributed by atoms with Crippen LogP contribution in [0.2, 0.25) is 0 Å². The highest BCUT2D eigenvalue weighted by Gasteiger charge is 2.26. The maximum absolute atomic E-state index is 12.4. The second kappa shape index (κ2) is 9.80. The first kappa shape index (κ1) is 19.8. The van der Waals surface area contributed by atoms with E-state index >= 15 is 0 Å². The number of ether oxygens (including phenoxy) is 2. The summed E-state index contributed by atoms with van der Waals surface area (Å²) in [6.45, 7) is 9.44. The zero-order chi connectivity index (χ0) is 18.1. The summed E-state index contributed by atoms with van der Waals surface area (Å²) in [7, 11) is 0. The molecule has 0 aromatic heterocycles. The fraction of sp³-hybridized carbons (Fsp3) is 0.556. The quantitative estimate of drug-likeness (QED) is 0.765. The molecule has 6 heteroatoms. The monoisotopic (exact) mass is 336 g/mol. The molecule has 0 fully saturated rings. The van der Waals surface area contributed by atoms with E-state index < -0.39 is 12.1 Å². The maximum Gasteiger partial charge on any atom is 0.408 e. The molecule has 2 N–H and O–H groups in total. The van der Waals surface area contributed by atoms with Crippen molar-refractivity contribution < 1.29 is 19.1 Å². The summed E-state index contributed by atoms with van der Waals surface area (Å²) < 4.78 is 10.7. The minimum Gasteiger partial charge on any atom is -0.491 e. The van der Waals surface area contributed by atoms with Crippen LogP contribution in [0.5, 0.6) is 5.75 Å². The van der Waals surface area contributed by atoms with Gasteiger partial charge in [0.2, 0.25) is 5.91 Å². The van der Waals surface area contributed by atoms with Crippen LogP contribution in [-0.4, -0.2) is 36.8 Å². The molecule has 1 aromatic rings. The average molecular weight is 336 g/mol. The lowest BCUT2D eigenvalue weighted by Crippen LogP contribution is -2.52. The van der Waals surface area contributed by atoms with Gasteiger partial charge in [0, 0.05) is 0 Å². The van der Waals surface area contributed by atoms with Crippen molar-refractivity contribution >= 4 is 12.0 Å². The van der Waals surface area contributed by atoms with Crippen molar-refractivity contribution in [2.24, 2.45) is 5.92 Å². The van der Waals surface area contributed by atoms with Gasteiger partial charge in [-0.15, -0.1) is 0 Å². The summed E-state index contributed by atoms with van der Waals surface area (Å²) in [6, 6.07) is 8.55. The molecule has 0 saturated heterocycles. The molecule has 0 spiro atoms. The molecule has 1 aromatic carbocycles. The van der Waals surface area contributed by atoms with Gasteiger partial charge < -0.3 is 20.1 Å². The SMILES string of the molecule is CC(COc1ccccc1)NC(=O)C(NC(=O)OC(C)C)C(C)C. The van der Waals surface area contributed by atoms with Crippen LogP contribution in [0.1, 0.15) is 34.6 Å². The van der Waals surface area contributed by atoms with E-state index in [-0.39, 0.29) is 24.0 Å². The van der Waals surface area contributed by atoms with Crippen LogP contribution >= 0.6 is 0 Å². The molecular formula is C18H28N2O4. The number of para-hydroxylation sites is 1. The van der Waals surface area contributed by atoms with Gasteiger partial charge in [-0.25, -0.2) is 4.79 Å². The second-order valence-electron chi connectivity index (χ2n) is 6.35. The normalized spacial score (nSPS) is 13.3. The third-order valence-electron chi connectivity index (χ3n) is 3.20. The number of carbonyl (C=O) groups excluding carboxylic acids is 2. The van der Waals surface area contributed by atoms with Gasteiger partial charge in [-0.3, -0.25) is 4.79 Å². The minimum absolute atomic E-state index is 0.0630. The molecular weight excluding hydrogens is 308 g/mol. The number of hydrogen-bond donors (Lipinski definition) is 2. The van der Waals surface area contributed by atoms with E-state index in [0.717, 1.165) is 5.75 Å². The fourth-order valence-electron chi connectivity index (χ4n) is 2.02. The number of amides is 2. The molecule has 0 aliphatic heterocycles. The lowest BCUT2D eigenvalue weighted by atomic mass is 10.0. The van der Waals surface area contributed by atoms with E-state index in [4.69, 9.17) is 9.47 Å². The summed E-state index contributed by atoms with van der Waals surface area (Å²) in [5, 5.41) is 5.47. The van der Waals surface area contributed by atoms with Crippen LogP contribution in [-0.2, 0) is 9.53 Å². The van der Waals surface area contributed by atoms with Gasteiger partial charge in [0.15, 0.2) is 0 Å². The van der Waals surface area contributed by atoms with E-state index in [9.17, 15) is 9.59 Å². The molecule has 0 aliphatic carbocycles. The molecule has 2 amide bonds. The zero-order valence-electron chi connectivity index (χ0n) is 15.0. The van der Waals surface area contributed by atoms with E-state index in [2.05, 4.69) is 10.6 Å². The Balaban J connectivity index is 2.50. The Morgan fingerprint density at radius 2 is 1.62 bits per heavy atom. The van der Waals surface area contributed by atoms with Gasteiger partial charge >= 0.3 is 6.09 Å². The summed E-state index contributed by atoms with van der Waals surface area (Å²) in [5.41, 5.74) is 0. The smallest absolute Gasteiger partial charge is 0.408 e. The van der Waals surface area contributed by atoms with Crippen molar-refractivity contribution in [3.63, 3.8) is 0 Å². The van der Waals surface area contributed by atoms with Crippen LogP contribution in [0.3, 0.4) is 0 Å². The number of rotatable bonds is 8. The first-order chi connectivity index (χ1) is 11.3. The van der Waals surface area contributed by atoms with Gasteiger partial charge in [-0.1, -0.05) is 32.0 Å². The Bertz CT molecular complexity index is 517. The van der Waals surface area contributed by atoms with Gasteiger partial charge in [0.1, 0.15) is 18.4 Å². The Kier molecular flexibility index (Phi) is 8.09. The van der Waals surface area contributed by atoms with Crippen molar-refractivity contribution in [2.45, 2.75) is 52.8 Å². The lowest BCUT2D eigenvalue weighted by Gasteiger charge is -2.24. The van der Waals surface area contributed by atoms with E-state index in [1.807, 2.05) is 51.1 Å². The molecule has 1 rings (SSSR count). The summed E-state index contributed by atoms with van der Waals surface area (Å²) >= 11 is 0. The molecule has 0 heterocycles. The largest absolute Gasteiger partial charge is 0.491 e. The van der Waals surface area contributed by atoms with E-state index in [1.54, 1.807) is 13.8 Å². The number of benzene rings is 1. The molecule has 2 unspecified atom stereocenters. The molecule has 0 aliphatic rings. The topological polar surface area (TPSA) is 76.7 Å². The standard InChI is InChI=1S/C18H28N2O4/c1-12(2)16(20-18(22)24-13(3)4)17(21)19-14(5)11-23-15-9-7-6-8-10-15/h6-10,12-14,16H,11H2,1-5H3,(H,19,21)(H,20,22). The Morgan fingerprint density at radius 3 is 2.17 bits per heavy atom. The molecule has 0 saturated carbocycles. The molecule has 6 nitrogen and oxygen atoms in total. The zero-order valence-corrected chi connectivity index (χ0v) is 15.0. The highest BCUT2D eigenvalue weighted by atomic mass is 16.6. The van der Waals surface area contributed by atoms with Crippen molar-refractivity contribution in [2.75, 3.05) is 6.61 Å². The van der Waals surface area contributed by atoms with Gasteiger partial charge in [-0.05, 0) is 38.8 Å². The van der Waals surface area contributed by atoms with Gasteiger partial charge in [0.05, 0.1) is 12.1 Å². The Labute approximate surface area is 143 Å². The van der Waals surface area contributed by atoms with Crippen LogP contribution in [0.4, 0.5) is 4.79 Å². The first-order valence-corrected chi connectivity index (χ1v) is 8.25. The van der Waals surface area contributed by atoms with Gasteiger partial charge in [0.25, 0.3) is 0 Å². The lowest BCUT2D eigenvalue weighted by molar-refractivity contribution is -0.124. The highest BCUT2D eigenvalue weighted by molar-refractivity contribution is 5.86. The molecule has 134 valence electrons. The van der Waals surface area contributed by atoms with Crippen LogP contribution in [0.25, 0.3) is 0 Å². The van der Waals surface area contributed by atoms with E-state index in [1.165, 1.54) is 0 Å². The van der Waals surface area contributed by atoms with Crippen LogP contribution in [0.15, 0.2) is 30.3 Å². The molecule has 2 atom stereocenters. The van der Waals surface area contributed by atoms with Crippen LogP contribution in [0, 0.1) is 5.92 Å². The number of alkyl carbamates (subject to hydrolysis) is 1. The Morgan fingerprint density at radius 1 is 1.00 bits per heavy atom. The van der Waals surface area contributed by atoms with Crippen LogP contribution < -0.4 is 15.4 Å². The number of hydrogen-bond acceptors (Lipinski definition) is 4. The predicted molar refractivity (Wildman–Crippen MR) is 92.9 cm³/mol. The number of carbonyl (C=O) groups is 2. The number of nitrogens with one attached hydrogen (secondary N) is 2. The van der Waals surface area contributed by atoms with Crippen molar-refractivity contribution in [1.82, 2.24) is 10.6 Å². The summed E-state index contributed by atoms with van der Waals surface area (Å²) in [6.07, 6.45) is -0.828. The average Bonchev–Trinajstić information content (AvgIpc) is 2.50. The summed E-state index contributed by atoms with van der Waals surface area (Å²) in [4.78, 5) is 24.1. The fourth-order valence-corrected chi connectivity index (χ4v) is 2.02. The second-order valence-corrected chi connectivity index (χ2v) is 6.35.